The molecule has 5 nitrogen and oxygen atoms in total. The fourth-order valence-corrected chi connectivity index (χ4v) is 3.06. The Morgan fingerprint density at radius 1 is 1.04 bits per heavy atom. The van der Waals surface area contributed by atoms with Crippen LogP contribution in [-0.2, 0) is 4.74 Å². The molecule has 0 fully saturated rings. The second kappa shape index (κ2) is 6.72. The van der Waals surface area contributed by atoms with Crippen LogP contribution in [0.15, 0.2) is 73.2 Å². The van der Waals surface area contributed by atoms with Gasteiger partial charge in [0.25, 0.3) is 0 Å². The molecule has 2 N–H and O–H groups in total. The molecule has 0 spiro atoms. The SMILES string of the molecule is COC(=O)Nc1cc(-c2cccnc2)cc(-c2cccc3[nH]ccc23)c1. The van der Waals surface area contributed by atoms with E-state index in [9.17, 15) is 4.79 Å². The number of methoxy groups -OCH3 is 1. The lowest BCUT2D eigenvalue weighted by Gasteiger charge is -2.12. The number of carbonyl (C=O) groups is 1. The van der Waals surface area contributed by atoms with E-state index < -0.39 is 6.09 Å². The van der Waals surface area contributed by atoms with Gasteiger partial charge >= 0.3 is 6.09 Å². The fourth-order valence-electron chi connectivity index (χ4n) is 3.06. The van der Waals surface area contributed by atoms with Crippen LogP contribution in [0, 0.1) is 0 Å². The van der Waals surface area contributed by atoms with E-state index in [1.54, 1.807) is 12.4 Å². The van der Waals surface area contributed by atoms with E-state index in [-0.39, 0.29) is 0 Å². The van der Waals surface area contributed by atoms with Crippen LogP contribution in [-0.4, -0.2) is 23.2 Å². The van der Waals surface area contributed by atoms with Gasteiger partial charge in [0, 0.05) is 40.7 Å². The minimum absolute atomic E-state index is 0.501. The Hall–Kier alpha value is -3.60. The molecule has 5 heteroatoms. The lowest BCUT2D eigenvalue weighted by Crippen LogP contribution is -2.11. The molecule has 0 saturated carbocycles. The zero-order valence-electron chi connectivity index (χ0n) is 14.2. The highest BCUT2D eigenvalue weighted by Gasteiger charge is 2.10. The molecule has 2 heterocycles. The topological polar surface area (TPSA) is 67.0 Å². The summed E-state index contributed by atoms with van der Waals surface area (Å²) in [5, 5.41) is 3.89. The number of ether oxygens (including phenoxy) is 1. The highest BCUT2D eigenvalue weighted by molar-refractivity contribution is 5.97. The van der Waals surface area contributed by atoms with Crippen molar-refractivity contribution in [2.45, 2.75) is 0 Å². The Labute approximate surface area is 150 Å². The predicted molar refractivity (Wildman–Crippen MR) is 103 cm³/mol. The number of aromatic nitrogens is 2. The van der Waals surface area contributed by atoms with E-state index in [2.05, 4.69) is 33.5 Å². The van der Waals surface area contributed by atoms with Crippen LogP contribution in [0.4, 0.5) is 10.5 Å². The van der Waals surface area contributed by atoms with E-state index in [4.69, 9.17) is 4.74 Å². The second-order valence-electron chi connectivity index (χ2n) is 5.90. The van der Waals surface area contributed by atoms with Gasteiger partial charge in [-0.2, -0.15) is 0 Å². The number of anilines is 1. The van der Waals surface area contributed by atoms with Crippen molar-refractivity contribution in [3.63, 3.8) is 0 Å². The van der Waals surface area contributed by atoms with Crippen molar-refractivity contribution in [3.8, 4) is 22.3 Å². The van der Waals surface area contributed by atoms with Gasteiger partial charge < -0.3 is 9.72 Å². The zero-order chi connectivity index (χ0) is 17.9. The van der Waals surface area contributed by atoms with Crippen LogP contribution in [0.5, 0.6) is 0 Å². The van der Waals surface area contributed by atoms with Crippen molar-refractivity contribution >= 4 is 22.7 Å². The van der Waals surface area contributed by atoms with Gasteiger partial charge in [-0.05, 0) is 53.1 Å². The molecular weight excluding hydrogens is 326 g/mol. The number of benzene rings is 2. The molecule has 0 aliphatic carbocycles. The van der Waals surface area contributed by atoms with Crippen molar-refractivity contribution in [1.29, 1.82) is 0 Å². The Morgan fingerprint density at radius 2 is 1.92 bits per heavy atom. The maximum Gasteiger partial charge on any atom is 0.411 e. The van der Waals surface area contributed by atoms with Crippen LogP contribution in [0.3, 0.4) is 0 Å². The summed E-state index contributed by atoms with van der Waals surface area (Å²) >= 11 is 0. The molecule has 0 atom stereocenters. The Morgan fingerprint density at radius 3 is 2.73 bits per heavy atom. The van der Waals surface area contributed by atoms with Crippen molar-refractivity contribution in [3.05, 3.63) is 73.2 Å². The molecule has 0 radical (unpaired) electrons. The zero-order valence-corrected chi connectivity index (χ0v) is 14.2. The number of fused-ring (bicyclic) bond motifs is 1. The summed E-state index contributed by atoms with van der Waals surface area (Å²) in [5.74, 6) is 0. The minimum atomic E-state index is -0.501. The van der Waals surface area contributed by atoms with Crippen LogP contribution >= 0.6 is 0 Å². The van der Waals surface area contributed by atoms with Gasteiger partial charge in [0.2, 0.25) is 0 Å². The maximum atomic E-state index is 11.7. The van der Waals surface area contributed by atoms with Gasteiger partial charge in [0.15, 0.2) is 0 Å². The lowest BCUT2D eigenvalue weighted by atomic mass is 9.97. The Bertz CT molecular complexity index is 1070. The summed E-state index contributed by atoms with van der Waals surface area (Å²) < 4.78 is 4.74. The molecule has 128 valence electrons. The van der Waals surface area contributed by atoms with E-state index in [0.29, 0.717) is 5.69 Å². The molecule has 1 amide bonds. The van der Waals surface area contributed by atoms with Crippen molar-refractivity contribution in [2.75, 3.05) is 12.4 Å². The Kier molecular flexibility index (Phi) is 4.11. The molecule has 0 bridgehead atoms. The van der Waals surface area contributed by atoms with Crippen molar-refractivity contribution in [2.24, 2.45) is 0 Å². The molecule has 0 aliphatic rings. The normalized spacial score (nSPS) is 10.7. The average molecular weight is 343 g/mol. The first kappa shape index (κ1) is 15.9. The largest absolute Gasteiger partial charge is 0.453 e. The molecule has 4 aromatic rings. The molecule has 0 aliphatic heterocycles. The summed E-state index contributed by atoms with van der Waals surface area (Å²) in [5.41, 5.74) is 5.76. The molecule has 26 heavy (non-hydrogen) atoms. The number of hydrogen-bond acceptors (Lipinski definition) is 3. The summed E-state index contributed by atoms with van der Waals surface area (Å²) in [6, 6.07) is 18.0. The van der Waals surface area contributed by atoms with Gasteiger partial charge in [0.05, 0.1) is 7.11 Å². The summed E-state index contributed by atoms with van der Waals surface area (Å²) in [6.07, 6.45) is 4.96. The van der Waals surface area contributed by atoms with E-state index in [1.807, 2.05) is 42.6 Å². The number of hydrogen-bond donors (Lipinski definition) is 2. The number of aromatic amines is 1. The fraction of sp³-hybridized carbons (Fsp3) is 0.0476. The standard InChI is InChI=1S/C21H17N3O2/c1-26-21(25)24-17-11-15(14-4-3-8-22-13-14)10-16(12-17)18-5-2-6-20-19(18)7-9-23-20/h2-13,23H,1H3,(H,24,25). The smallest absolute Gasteiger partial charge is 0.411 e. The number of carbonyl (C=O) groups excluding carboxylic acids is 1. The van der Waals surface area contributed by atoms with Crippen molar-refractivity contribution < 1.29 is 9.53 Å². The van der Waals surface area contributed by atoms with Gasteiger partial charge in [0.1, 0.15) is 0 Å². The van der Waals surface area contributed by atoms with E-state index in [0.717, 1.165) is 33.2 Å². The van der Waals surface area contributed by atoms with Gasteiger partial charge in [-0.15, -0.1) is 0 Å². The molecular formula is C21H17N3O2. The second-order valence-corrected chi connectivity index (χ2v) is 5.90. The molecule has 0 unspecified atom stereocenters. The number of pyridine rings is 1. The maximum absolute atomic E-state index is 11.7. The monoisotopic (exact) mass is 343 g/mol. The summed E-state index contributed by atoms with van der Waals surface area (Å²) in [4.78, 5) is 19.1. The lowest BCUT2D eigenvalue weighted by molar-refractivity contribution is 0.187. The number of H-pyrrole nitrogens is 1. The summed E-state index contributed by atoms with van der Waals surface area (Å²) in [7, 11) is 1.35. The van der Waals surface area contributed by atoms with E-state index in [1.165, 1.54) is 7.11 Å². The first-order valence-electron chi connectivity index (χ1n) is 8.21. The number of rotatable bonds is 3. The summed E-state index contributed by atoms with van der Waals surface area (Å²) in [6.45, 7) is 0. The number of nitrogens with zero attached hydrogens (tertiary/aromatic N) is 1. The van der Waals surface area contributed by atoms with Gasteiger partial charge in [-0.1, -0.05) is 18.2 Å². The first-order chi connectivity index (χ1) is 12.7. The first-order valence-corrected chi connectivity index (χ1v) is 8.21. The third kappa shape index (κ3) is 3.02. The third-order valence-corrected chi connectivity index (χ3v) is 4.27. The quantitative estimate of drug-likeness (QED) is 0.545. The predicted octanol–water partition coefficient (Wildman–Crippen LogP) is 5.08. The molecule has 4 rings (SSSR count). The van der Waals surface area contributed by atoms with Crippen LogP contribution in [0.1, 0.15) is 0 Å². The molecule has 2 aromatic heterocycles. The van der Waals surface area contributed by atoms with Gasteiger partial charge in [-0.3, -0.25) is 10.3 Å². The molecule has 2 aromatic carbocycles. The molecule has 0 saturated heterocycles. The van der Waals surface area contributed by atoms with Crippen LogP contribution in [0.25, 0.3) is 33.2 Å². The number of amides is 1. The Balaban J connectivity index is 1.89. The highest BCUT2D eigenvalue weighted by Crippen LogP contribution is 2.34. The van der Waals surface area contributed by atoms with Gasteiger partial charge in [-0.25, -0.2) is 4.79 Å². The minimum Gasteiger partial charge on any atom is -0.453 e. The average Bonchev–Trinajstić information content (AvgIpc) is 3.17. The number of nitrogens with one attached hydrogen (secondary N) is 2. The highest BCUT2D eigenvalue weighted by atomic mass is 16.5. The van der Waals surface area contributed by atoms with Crippen molar-refractivity contribution in [1.82, 2.24) is 9.97 Å². The van der Waals surface area contributed by atoms with E-state index >= 15 is 0 Å². The van der Waals surface area contributed by atoms with Crippen LogP contribution < -0.4 is 5.32 Å². The third-order valence-electron chi connectivity index (χ3n) is 4.27. The van der Waals surface area contributed by atoms with Crippen LogP contribution in [0.2, 0.25) is 0 Å².